The van der Waals surface area contributed by atoms with Gasteiger partial charge < -0.3 is 4.90 Å². The molecule has 0 radical (unpaired) electrons. The lowest BCUT2D eigenvalue weighted by Gasteiger charge is -2.33. The number of aromatic nitrogens is 3. The highest BCUT2D eigenvalue weighted by Gasteiger charge is 2.31. The lowest BCUT2D eigenvalue weighted by molar-refractivity contribution is 0.0685. The van der Waals surface area contributed by atoms with Gasteiger partial charge in [-0.25, -0.2) is 13.1 Å². The SMILES string of the molecule is CCn1nncc1C(=O)N1CCN(S(=O)(=O)c2ccccc2)CC1. The molecule has 1 aliphatic rings. The third-order valence-corrected chi connectivity index (χ3v) is 5.96. The number of hydrogen-bond donors (Lipinski definition) is 0. The van der Waals surface area contributed by atoms with E-state index in [0.717, 1.165) is 0 Å². The second-order valence-corrected chi connectivity index (χ2v) is 7.38. The Morgan fingerprint density at radius 1 is 1.12 bits per heavy atom. The molecule has 2 aromatic rings. The maximum Gasteiger partial charge on any atom is 0.273 e. The molecule has 9 heteroatoms. The Kier molecular flexibility index (Phi) is 4.63. The Labute approximate surface area is 140 Å². The van der Waals surface area contributed by atoms with Gasteiger partial charge in [-0.2, -0.15) is 4.31 Å². The third kappa shape index (κ3) is 3.04. The largest absolute Gasteiger partial charge is 0.335 e. The summed E-state index contributed by atoms with van der Waals surface area (Å²) in [6, 6.07) is 8.34. The maximum absolute atomic E-state index is 12.6. The minimum Gasteiger partial charge on any atom is -0.335 e. The number of amides is 1. The first kappa shape index (κ1) is 16.6. The highest BCUT2D eigenvalue weighted by Crippen LogP contribution is 2.18. The molecule has 1 fully saturated rings. The first-order valence-corrected chi connectivity index (χ1v) is 9.21. The predicted octanol–water partition coefficient (Wildman–Crippen LogP) is 0.445. The zero-order valence-corrected chi connectivity index (χ0v) is 14.2. The summed E-state index contributed by atoms with van der Waals surface area (Å²) in [6.45, 7) is 3.69. The van der Waals surface area contributed by atoms with Crippen molar-refractivity contribution in [2.24, 2.45) is 0 Å². The molecule has 0 unspecified atom stereocenters. The average Bonchev–Trinajstić information content (AvgIpc) is 3.10. The fraction of sp³-hybridized carbons (Fsp3) is 0.400. The molecule has 0 saturated carbocycles. The van der Waals surface area contributed by atoms with Crippen molar-refractivity contribution in [3.05, 3.63) is 42.2 Å². The fourth-order valence-corrected chi connectivity index (χ4v) is 4.14. The number of hydrogen-bond acceptors (Lipinski definition) is 5. The summed E-state index contributed by atoms with van der Waals surface area (Å²) in [4.78, 5) is 14.4. The van der Waals surface area contributed by atoms with Crippen molar-refractivity contribution in [3.63, 3.8) is 0 Å². The van der Waals surface area contributed by atoms with Crippen molar-refractivity contribution in [1.29, 1.82) is 0 Å². The van der Waals surface area contributed by atoms with Gasteiger partial charge in [0.2, 0.25) is 10.0 Å². The van der Waals surface area contributed by atoms with Crippen LogP contribution in [0.5, 0.6) is 0 Å². The maximum atomic E-state index is 12.6. The van der Waals surface area contributed by atoms with Crippen LogP contribution in [0.25, 0.3) is 0 Å². The molecule has 0 N–H and O–H groups in total. The lowest BCUT2D eigenvalue weighted by Crippen LogP contribution is -2.50. The van der Waals surface area contributed by atoms with E-state index in [-0.39, 0.29) is 23.9 Å². The summed E-state index contributed by atoms with van der Waals surface area (Å²) in [5, 5.41) is 7.62. The molecule has 1 amide bonds. The van der Waals surface area contributed by atoms with Crippen LogP contribution in [0.2, 0.25) is 0 Å². The van der Waals surface area contributed by atoms with Gasteiger partial charge in [0, 0.05) is 32.7 Å². The Hall–Kier alpha value is -2.26. The van der Waals surface area contributed by atoms with E-state index in [1.807, 2.05) is 6.92 Å². The van der Waals surface area contributed by atoms with Crippen LogP contribution in [0.1, 0.15) is 17.4 Å². The predicted molar refractivity (Wildman–Crippen MR) is 86.8 cm³/mol. The normalized spacial score (nSPS) is 16.3. The van der Waals surface area contributed by atoms with Crippen LogP contribution in [-0.4, -0.2) is 64.7 Å². The fourth-order valence-electron chi connectivity index (χ4n) is 2.69. The van der Waals surface area contributed by atoms with Crippen molar-refractivity contribution >= 4 is 15.9 Å². The number of nitrogens with zero attached hydrogens (tertiary/aromatic N) is 5. The molecule has 0 atom stereocenters. The van der Waals surface area contributed by atoms with Gasteiger partial charge in [0.15, 0.2) is 0 Å². The van der Waals surface area contributed by atoms with Crippen LogP contribution in [-0.2, 0) is 16.6 Å². The summed E-state index contributed by atoms with van der Waals surface area (Å²) >= 11 is 0. The number of aryl methyl sites for hydroxylation is 1. The third-order valence-electron chi connectivity index (χ3n) is 4.04. The Bertz CT molecular complexity index is 811. The van der Waals surface area contributed by atoms with Gasteiger partial charge in [-0.15, -0.1) is 5.10 Å². The van der Waals surface area contributed by atoms with E-state index >= 15 is 0 Å². The van der Waals surface area contributed by atoms with Gasteiger partial charge in [-0.1, -0.05) is 23.4 Å². The molecule has 0 bridgehead atoms. The molecule has 24 heavy (non-hydrogen) atoms. The van der Waals surface area contributed by atoms with Crippen LogP contribution in [0, 0.1) is 0 Å². The first-order valence-electron chi connectivity index (χ1n) is 7.77. The van der Waals surface area contributed by atoms with E-state index in [1.54, 1.807) is 35.2 Å². The summed E-state index contributed by atoms with van der Waals surface area (Å²) in [5.41, 5.74) is 0.428. The second kappa shape index (κ2) is 6.70. The molecule has 1 aromatic heterocycles. The van der Waals surface area contributed by atoms with Crippen LogP contribution >= 0.6 is 0 Å². The molecular formula is C15H19N5O3S. The molecule has 0 aliphatic carbocycles. The first-order chi connectivity index (χ1) is 11.5. The number of piperazine rings is 1. The van der Waals surface area contributed by atoms with E-state index in [1.165, 1.54) is 15.2 Å². The van der Waals surface area contributed by atoms with Crippen molar-refractivity contribution in [3.8, 4) is 0 Å². The highest BCUT2D eigenvalue weighted by atomic mass is 32.2. The number of sulfonamides is 1. The van der Waals surface area contributed by atoms with Crippen LogP contribution < -0.4 is 0 Å². The zero-order valence-electron chi connectivity index (χ0n) is 13.4. The molecule has 1 saturated heterocycles. The van der Waals surface area contributed by atoms with Gasteiger partial charge in [-0.3, -0.25) is 4.79 Å². The Balaban J connectivity index is 1.69. The minimum atomic E-state index is -3.51. The van der Waals surface area contributed by atoms with E-state index in [2.05, 4.69) is 10.3 Å². The number of rotatable bonds is 4. The van der Waals surface area contributed by atoms with Gasteiger partial charge >= 0.3 is 0 Å². The number of benzene rings is 1. The molecule has 1 aliphatic heterocycles. The van der Waals surface area contributed by atoms with E-state index in [0.29, 0.717) is 25.3 Å². The van der Waals surface area contributed by atoms with Gasteiger partial charge in [0.05, 0.1) is 11.1 Å². The second-order valence-electron chi connectivity index (χ2n) is 5.44. The lowest BCUT2D eigenvalue weighted by atomic mass is 10.3. The smallest absolute Gasteiger partial charge is 0.273 e. The molecule has 2 heterocycles. The topological polar surface area (TPSA) is 88.4 Å². The summed E-state index contributed by atoms with van der Waals surface area (Å²) in [5.74, 6) is -0.168. The van der Waals surface area contributed by atoms with Crippen LogP contribution in [0.3, 0.4) is 0 Å². The number of carbonyl (C=O) groups excluding carboxylic acids is 1. The van der Waals surface area contributed by atoms with Crippen molar-refractivity contribution < 1.29 is 13.2 Å². The monoisotopic (exact) mass is 349 g/mol. The quantitative estimate of drug-likeness (QED) is 0.799. The van der Waals surface area contributed by atoms with Gasteiger partial charge in [0.1, 0.15) is 5.69 Å². The molecule has 3 rings (SSSR count). The van der Waals surface area contributed by atoms with Crippen molar-refractivity contribution in [2.75, 3.05) is 26.2 Å². The van der Waals surface area contributed by atoms with Gasteiger partial charge in [-0.05, 0) is 19.1 Å². The number of carbonyl (C=O) groups is 1. The zero-order chi connectivity index (χ0) is 17.2. The average molecular weight is 349 g/mol. The van der Waals surface area contributed by atoms with E-state index < -0.39 is 10.0 Å². The van der Waals surface area contributed by atoms with Crippen LogP contribution in [0.15, 0.2) is 41.4 Å². The minimum absolute atomic E-state index is 0.168. The van der Waals surface area contributed by atoms with E-state index in [4.69, 9.17) is 0 Å². The Morgan fingerprint density at radius 2 is 1.79 bits per heavy atom. The standard InChI is InChI=1S/C15H19N5O3S/c1-2-20-14(12-16-17-20)15(21)18-8-10-19(11-9-18)24(22,23)13-6-4-3-5-7-13/h3-7,12H,2,8-11H2,1H3. The summed E-state index contributed by atoms with van der Waals surface area (Å²) in [7, 11) is -3.51. The molecule has 1 aromatic carbocycles. The van der Waals surface area contributed by atoms with Crippen LogP contribution in [0.4, 0.5) is 0 Å². The molecule has 128 valence electrons. The van der Waals surface area contributed by atoms with Crippen molar-refractivity contribution in [2.45, 2.75) is 18.4 Å². The molecular weight excluding hydrogens is 330 g/mol. The summed E-state index contributed by atoms with van der Waals surface area (Å²) < 4.78 is 28.1. The molecule has 0 spiro atoms. The Morgan fingerprint density at radius 3 is 2.42 bits per heavy atom. The van der Waals surface area contributed by atoms with Gasteiger partial charge in [0.25, 0.3) is 5.91 Å². The van der Waals surface area contributed by atoms with E-state index in [9.17, 15) is 13.2 Å². The highest BCUT2D eigenvalue weighted by molar-refractivity contribution is 7.89. The molecule has 8 nitrogen and oxygen atoms in total. The van der Waals surface area contributed by atoms with Crippen molar-refractivity contribution in [1.82, 2.24) is 24.2 Å². The summed E-state index contributed by atoms with van der Waals surface area (Å²) in [6.07, 6.45) is 1.44.